The van der Waals surface area contributed by atoms with Crippen molar-refractivity contribution in [1.29, 1.82) is 0 Å². The number of aliphatic hydroxyl groups is 1. The van der Waals surface area contributed by atoms with E-state index in [2.05, 4.69) is 9.97 Å². The van der Waals surface area contributed by atoms with Crippen LogP contribution >= 0.6 is 23.6 Å². The van der Waals surface area contributed by atoms with Crippen LogP contribution < -0.4 is 0 Å². The first-order valence-corrected chi connectivity index (χ1v) is 5.41. The van der Waals surface area contributed by atoms with E-state index in [-0.39, 0.29) is 6.61 Å². The van der Waals surface area contributed by atoms with Crippen LogP contribution in [-0.4, -0.2) is 19.6 Å². The van der Waals surface area contributed by atoms with Crippen molar-refractivity contribution in [2.24, 2.45) is 0 Å². The summed E-state index contributed by atoms with van der Waals surface area (Å²) >= 11 is 6.63. The van der Waals surface area contributed by atoms with Crippen LogP contribution in [0.5, 0.6) is 0 Å². The van der Waals surface area contributed by atoms with Gasteiger partial charge in [-0.25, -0.2) is 4.98 Å². The molecule has 74 valence electrons. The van der Waals surface area contributed by atoms with Gasteiger partial charge in [0.05, 0.1) is 30.1 Å². The largest absolute Gasteiger partial charge is 0.390 e. The van der Waals surface area contributed by atoms with Gasteiger partial charge in [-0.05, 0) is 12.2 Å². The summed E-state index contributed by atoms with van der Waals surface area (Å²) < 4.78 is 2.45. The molecule has 0 fully saturated rings. The molecule has 0 aliphatic rings. The topological polar surface area (TPSA) is 53.8 Å². The third kappa shape index (κ3) is 1.77. The van der Waals surface area contributed by atoms with E-state index in [4.69, 9.17) is 17.3 Å². The third-order valence-electron chi connectivity index (χ3n) is 1.92. The number of hydrogen-bond acceptors (Lipinski definition) is 4. The second-order valence-corrected chi connectivity index (χ2v) is 3.91. The predicted octanol–water partition coefficient (Wildman–Crippen LogP) is 1.54. The van der Waals surface area contributed by atoms with Crippen LogP contribution in [0.3, 0.4) is 0 Å². The molecule has 6 heteroatoms. The number of aromatic nitrogens is 3. The molecule has 2 rings (SSSR count). The van der Waals surface area contributed by atoms with E-state index in [0.29, 0.717) is 11.3 Å². The molecule has 0 spiro atoms. The number of hydrogen-bond donors (Lipinski definition) is 2. The molecule has 0 saturated carbocycles. The second kappa shape index (κ2) is 4.04. The molecule has 0 aliphatic carbocycles. The van der Waals surface area contributed by atoms with E-state index in [0.717, 1.165) is 11.4 Å². The van der Waals surface area contributed by atoms with Gasteiger partial charge in [-0.3, -0.25) is 0 Å². The maximum Gasteiger partial charge on any atom is 0.177 e. The fourth-order valence-electron chi connectivity index (χ4n) is 1.21. The molecule has 2 heterocycles. The molecular weight excluding hydrogens is 218 g/mol. The summed E-state index contributed by atoms with van der Waals surface area (Å²) in [6.07, 6.45) is 1.72. The molecule has 0 aromatic carbocycles. The summed E-state index contributed by atoms with van der Waals surface area (Å²) in [5.41, 5.74) is 3.52. The standard InChI is InChI=1S/C8H9N3OS2/c12-3-7-1-9-8(13)11(7)2-6-4-14-5-10-6/h1,4-5,12H,2-3H2,(H,9,13). The van der Waals surface area contributed by atoms with Crippen molar-refractivity contribution in [3.8, 4) is 0 Å². The Labute approximate surface area is 89.9 Å². The molecule has 0 unspecified atom stereocenters. The average molecular weight is 227 g/mol. The fourth-order valence-corrected chi connectivity index (χ4v) is 2.00. The van der Waals surface area contributed by atoms with Gasteiger partial charge in [-0.1, -0.05) is 0 Å². The molecule has 0 radical (unpaired) electrons. The number of rotatable bonds is 3. The first-order valence-electron chi connectivity index (χ1n) is 4.06. The number of aromatic amines is 1. The van der Waals surface area contributed by atoms with Crippen LogP contribution in [0.1, 0.15) is 11.4 Å². The quantitative estimate of drug-likeness (QED) is 0.782. The van der Waals surface area contributed by atoms with Crippen molar-refractivity contribution < 1.29 is 5.11 Å². The lowest BCUT2D eigenvalue weighted by atomic mass is 10.4. The lowest BCUT2D eigenvalue weighted by Crippen LogP contribution is -2.04. The van der Waals surface area contributed by atoms with Gasteiger partial charge in [0.2, 0.25) is 0 Å². The minimum absolute atomic E-state index is 0.0166. The van der Waals surface area contributed by atoms with E-state index < -0.39 is 0 Å². The van der Waals surface area contributed by atoms with Gasteiger partial charge in [-0.15, -0.1) is 11.3 Å². The van der Waals surface area contributed by atoms with Crippen molar-refractivity contribution >= 4 is 23.6 Å². The first-order chi connectivity index (χ1) is 6.81. The Bertz CT molecular complexity index is 457. The molecule has 2 aromatic rings. The van der Waals surface area contributed by atoms with Gasteiger partial charge in [0.25, 0.3) is 0 Å². The van der Waals surface area contributed by atoms with Gasteiger partial charge in [0.1, 0.15) is 0 Å². The van der Waals surface area contributed by atoms with Crippen LogP contribution in [0.25, 0.3) is 0 Å². The molecule has 4 nitrogen and oxygen atoms in total. The van der Waals surface area contributed by atoms with E-state index in [9.17, 15) is 0 Å². The maximum absolute atomic E-state index is 9.06. The Morgan fingerprint density at radius 1 is 1.64 bits per heavy atom. The monoisotopic (exact) mass is 227 g/mol. The van der Waals surface area contributed by atoms with Crippen LogP contribution in [0.15, 0.2) is 17.1 Å². The van der Waals surface area contributed by atoms with Crippen molar-refractivity contribution in [3.05, 3.63) is 33.2 Å². The minimum atomic E-state index is -0.0166. The Kier molecular flexibility index (Phi) is 2.76. The highest BCUT2D eigenvalue weighted by atomic mass is 32.1. The summed E-state index contributed by atoms with van der Waals surface area (Å²) in [7, 11) is 0. The minimum Gasteiger partial charge on any atom is -0.390 e. The summed E-state index contributed by atoms with van der Waals surface area (Å²) in [4.78, 5) is 7.06. The fraction of sp³-hybridized carbons (Fsp3) is 0.250. The van der Waals surface area contributed by atoms with E-state index in [1.807, 2.05) is 9.95 Å². The molecule has 0 aliphatic heterocycles. The molecule has 2 aromatic heterocycles. The van der Waals surface area contributed by atoms with Crippen molar-refractivity contribution in [3.63, 3.8) is 0 Å². The number of nitrogens with one attached hydrogen (secondary N) is 1. The smallest absolute Gasteiger partial charge is 0.177 e. The molecule has 0 bridgehead atoms. The second-order valence-electron chi connectivity index (χ2n) is 2.81. The maximum atomic E-state index is 9.06. The molecule has 0 saturated heterocycles. The highest BCUT2D eigenvalue weighted by Gasteiger charge is 2.04. The lowest BCUT2D eigenvalue weighted by Gasteiger charge is -2.03. The van der Waals surface area contributed by atoms with Crippen LogP contribution in [0.4, 0.5) is 0 Å². The normalized spacial score (nSPS) is 10.6. The van der Waals surface area contributed by atoms with Gasteiger partial charge in [0.15, 0.2) is 4.77 Å². The number of nitrogens with zero attached hydrogens (tertiary/aromatic N) is 2. The summed E-state index contributed by atoms with van der Waals surface area (Å²) in [6, 6.07) is 0. The highest BCUT2D eigenvalue weighted by Crippen LogP contribution is 2.08. The summed E-state index contributed by atoms with van der Waals surface area (Å²) in [6.45, 7) is 0.596. The Balaban J connectivity index is 2.32. The predicted molar refractivity (Wildman–Crippen MR) is 56.8 cm³/mol. The van der Waals surface area contributed by atoms with Gasteiger partial charge >= 0.3 is 0 Å². The van der Waals surface area contributed by atoms with E-state index >= 15 is 0 Å². The number of aliphatic hydroxyl groups excluding tert-OH is 1. The van der Waals surface area contributed by atoms with Crippen LogP contribution in [0.2, 0.25) is 0 Å². The molecule has 2 N–H and O–H groups in total. The summed E-state index contributed by atoms with van der Waals surface area (Å²) in [5.74, 6) is 0. The number of H-pyrrole nitrogens is 1. The molecule has 14 heavy (non-hydrogen) atoms. The highest BCUT2D eigenvalue weighted by molar-refractivity contribution is 7.71. The Morgan fingerprint density at radius 2 is 2.50 bits per heavy atom. The Morgan fingerprint density at radius 3 is 3.14 bits per heavy atom. The average Bonchev–Trinajstić information content (AvgIpc) is 2.79. The zero-order chi connectivity index (χ0) is 9.97. The van der Waals surface area contributed by atoms with Gasteiger partial charge < -0.3 is 14.7 Å². The summed E-state index contributed by atoms with van der Waals surface area (Å²) in [5, 5.41) is 11.0. The zero-order valence-corrected chi connectivity index (χ0v) is 8.94. The lowest BCUT2D eigenvalue weighted by molar-refractivity contribution is 0.271. The zero-order valence-electron chi connectivity index (χ0n) is 7.30. The van der Waals surface area contributed by atoms with Crippen molar-refractivity contribution in [1.82, 2.24) is 14.5 Å². The third-order valence-corrected chi connectivity index (χ3v) is 2.89. The Hall–Kier alpha value is -0.980. The molecule has 0 atom stereocenters. The van der Waals surface area contributed by atoms with Gasteiger partial charge in [-0.2, -0.15) is 0 Å². The molecular formula is C8H9N3OS2. The van der Waals surface area contributed by atoms with Crippen molar-refractivity contribution in [2.45, 2.75) is 13.2 Å². The van der Waals surface area contributed by atoms with E-state index in [1.165, 1.54) is 0 Å². The number of imidazole rings is 1. The molecule has 0 amide bonds. The SMILES string of the molecule is OCc1c[nH]c(=S)n1Cc1cscn1. The number of thiazole rings is 1. The van der Waals surface area contributed by atoms with Crippen molar-refractivity contribution in [2.75, 3.05) is 0 Å². The van der Waals surface area contributed by atoms with Gasteiger partial charge in [0, 0.05) is 11.6 Å². The van der Waals surface area contributed by atoms with Crippen LogP contribution in [0, 0.1) is 4.77 Å². The first kappa shape index (κ1) is 9.57. The van der Waals surface area contributed by atoms with Crippen LogP contribution in [-0.2, 0) is 13.2 Å². The van der Waals surface area contributed by atoms with E-state index in [1.54, 1.807) is 23.0 Å².